The average molecular weight is 331 g/mol. The smallest absolute Gasteiger partial charge is 0.263 e. The summed E-state index contributed by atoms with van der Waals surface area (Å²) in [6.07, 6.45) is 0. The normalized spacial score (nSPS) is 11.3. The van der Waals surface area contributed by atoms with E-state index in [2.05, 4.69) is 4.72 Å². The molecular formula is C13H12Cl2N2O2S. The zero-order chi connectivity index (χ0) is 14.9. The van der Waals surface area contributed by atoms with Gasteiger partial charge in [0.2, 0.25) is 0 Å². The lowest BCUT2D eigenvalue weighted by molar-refractivity contribution is 0.601. The van der Waals surface area contributed by atoms with Crippen LogP contribution in [-0.2, 0) is 10.0 Å². The van der Waals surface area contributed by atoms with E-state index >= 15 is 0 Å². The van der Waals surface area contributed by atoms with E-state index in [0.717, 1.165) is 5.56 Å². The van der Waals surface area contributed by atoms with Gasteiger partial charge in [0.05, 0.1) is 21.4 Å². The summed E-state index contributed by atoms with van der Waals surface area (Å²) in [5.74, 6) is 0. The van der Waals surface area contributed by atoms with Gasteiger partial charge in [-0.2, -0.15) is 0 Å². The Labute approximate surface area is 127 Å². The summed E-state index contributed by atoms with van der Waals surface area (Å²) in [5.41, 5.74) is 7.01. The highest BCUT2D eigenvalue weighted by atomic mass is 35.5. The number of benzene rings is 2. The largest absolute Gasteiger partial charge is 0.398 e. The molecule has 0 aliphatic heterocycles. The topological polar surface area (TPSA) is 72.2 Å². The van der Waals surface area contributed by atoms with Crippen molar-refractivity contribution in [2.24, 2.45) is 0 Å². The Hall–Kier alpha value is -1.43. The van der Waals surface area contributed by atoms with E-state index in [1.807, 2.05) is 6.92 Å². The first-order valence-electron chi connectivity index (χ1n) is 5.64. The summed E-state index contributed by atoms with van der Waals surface area (Å²) in [6.45, 7) is 1.83. The number of anilines is 2. The van der Waals surface area contributed by atoms with Gasteiger partial charge < -0.3 is 5.73 Å². The van der Waals surface area contributed by atoms with Gasteiger partial charge in [-0.05, 0) is 36.8 Å². The maximum Gasteiger partial charge on any atom is 0.263 e. The molecule has 0 aromatic heterocycles. The summed E-state index contributed by atoms with van der Waals surface area (Å²) >= 11 is 11.8. The second-order valence-electron chi connectivity index (χ2n) is 4.25. The van der Waals surface area contributed by atoms with E-state index in [0.29, 0.717) is 0 Å². The first-order chi connectivity index (χ1) is 9.31. The molecular weight excluding hydrogens is 319 g/mol. The lowest BCUT2D eigenvalue weighted by atomic mass is 10.2. The van der Waals surface area contributed by atoms with Gasteiger partial charge in [-0.1, -0.05) is 35.3 Å². The van der Waals surface area contributed by atoms with Gasteiger partial charge in [0.1, 0.15) is 4.90 Å². The van der Waals surface area contributed by atoms with Crippen molar-refractivity contribution >= 4 is 44.6 Å². The van der Waals surface area contributed by atoms with E-state index in [4.69, 9.17) is 28.9 Å². The van der Waals surface area contributed by atoms with Crippen LogP contribution in [0.1, 0.15) is 5.56 Å². The molecule has 0 bridgehead atoms. The van der Waals surface area contributed by atoms with Gasteiger partial charge in [0.15, 0.2) is 0 Å². The van der Waals surface area contributed by atoms with Crippen LogP contribution in [-0.4, -0.2) is 8.42 Å². The Morgan fingerprint density at radius 3 is 2.50 bits per heavy atom. The molecule has 3 N–H and O–H groups in total. The Morgan fingerprint density at radius 1 is 1.15 bits per heavy atom. The third-order valence-corrected chi connectivity index (χ3v) is 4.91. The quantitative estimate of drug-likeness (QED) is 0.843. The fraction of sp³-hybridized carbons (Fsp3) is 0.0769. The second kappa shape index (κ2) is 5.52. The average Bonchev–Trinajstić information content (AvgIpc) is 2.34. The molecule has 0 saturated carbocycles. The third kappa shape index (κ3) is 3.00. The SMILES string of the molecule is Cc1ccc(S(=O)(=O)Nc2cccc(Cl)c2Cl)c(N)c1. The van der Waals surface area contributed by atoms with Crippen LogP contribution in [0.5, 0.6) is 0 Å². The van der Waals surface area contributed by atoms with Crippen molar-refractivity contribution in [3.8, 4) is 0 Å². The van der Waals surface area contributed by atoms with Crippen LogP contribution in [0.2, 0.25) is 10.0 Å². The van der Waals surface area contributed by atoms with Crippen molar-refractivity contribution in [2.75, 3.05) is 10.5 Å². The van der Waals surface area contributed by atoms with Gasteiger partial charge in [-0.15, -0.1) is 0 Å². The number of aryl methyl sites for hydroxylation is 1. The van der Waals surface area contributed by atoms with Crippen LogP contribution in [0.15, 0.2) is 41.3 Å². The number of sulfonamides is 1. The van der Waals surface area contributed by atoms with Gasteiger partial charge in [-0.3, -0.25) is 4.72 Å². The van der Waals surface area contributed by atoms with Crippen molar-refractivity contribution in [1.82, 2.24) is 0 Å². The molecule has 0 heterocycles. The van der Waals surface area contributed by atoms with Crippen LogP contribution in [0.3, 0.4) is 0 Å². The number of nitrogen functional groups attached to an aromatic ring is 1. The van der Waals surface area contributed by atoms with Crippen LogP contribution in [0, 0.1) is 6.92 Å². The molecule has 2 aromatic carbocycles. The summed E-state index contributed by atoms with van der Waals surface area (Å²) in [6, 6.07) is 9.41. The van der Waals surface area contributed by atoms with Gasteiger partial charge in [0.25, 0.3) is 10.0 Å². The first kappa shape index (κ1) is 15.0. The number of nitrogens with two attached hydrogens (primary N) is 1. The van der Waals surface area contributed by atoms with Gasteiger partial charge in [0, 0.05) is 0 Å². The Bertz CT molecular complexity index is 761. The zero-order valence-corrected chi connectivity index (χ0v) is 12.9. The molecule has 0 amide bonds. The number of halogens is 2. The highest BCUT2D eigenvalue weighted by Gasteiger charge is 2.19. The summed E-state index contributed by atoms with van der Waals surface area (Å²) in [7, 11) is -3.82. The summed E-state index contributed by atoms with van der Waals surface area (Å²) in [4.78, 5) is -0.000794. The number of rotatable bonds is 3. The molecule has 20 heavy (non-hydrogen) atoms. The summed E-state index contributed by atoms with van der Waals surface area (Å²) < 4.78 is 27.0. The number of nitrogens with one attached hydrogen (secondary N) is 1. The van der Waals surface area contributed by atoms with Crippen molar-refractivity contribution in [3.63, 3.8) is 0 Å². The van der Waals surface area contributed by atoms with Crippen molar-refractivity contribution in [2.45, 2.75) is 11.8 Å². The molecule has 0 aliphatic rings. The molecule has 0 spiro atoms. The minimum Gasteiger partial charge on any atom is -0.398 e. The highest BCUT2D eigenvalue weighted by Crippen LogP contribution is 2.32. The van der Waals surface area contributed by atoms with E-state index in [1.165, 1.54) is 12.1 Å². The minimum atomic E-state index is -3.82. The lowest BCUT2D eigenvalue weighted by Gasteiger charge is -2.12. The Kier molecular flexibility index (Phi) is 4.13. The Balaban J connectivity index is 2.44. The van der Waals surface area contributed by atoms with Crippen molar-refractivity contribution < 1.29 is 8.42 Å². The van der Waals surface area contributed by atoms with Gasteiger partial charge >= 0.3 is 0 Å². The second-order valence-corrected chi connectivity index (χ2v) is 6.68. The Morgan fingerprint density at radius 2 is 1.85 bits per heavy atom. The van der Waals surface area contributed by atoms with E-state index < -0.39 is 10.0 Å². The fourth-order valence-corrected chi connectivity index (χ4v) is 3.28. The molecule has 2 aromatic rings. The molecule has 0 fully saturated rings. The molecule has 106 valence electrons. The van der Waals surface area contributed by atoms with Crippen LogP contribution < -0.4 is 10.5 Å². The predicted molar refractivity (Wildman–Crippen MR) is 82.9 cm³/mol. The monoisotopic (exact) mass is 330 g/mol. The molecule has 0 saturated heterocycles. The highest BCUT2D eigenvalue weighted by molar-refractivity contribution is 7.92. The van der Waals surface area contributed by atoms with Crippen molar-refractivity contribution in [3.05, 3.63) is 52.0 Å². The molecule has 4 nitrogen and oxygen atoms in total. The molecule has 2 rings (SSSR count). The van der Waals surface area contributed by atoms with Crippen LogP contribution >= 0.6 is 23.2 Å². The lowest BCUT2D eigenvalue weighted by Crippen LogP contribution is -2.15. The first-order valence-corrected chi connectivity index (χ1v) is 7.88. The van der Waals surface area contributed by atoms with E-state index in [1.54, 1.807) is 24.3 Å². The maximum absolute atomic E-state index is 12.3. The summed E-state index contributed by atoms with van der Waals surface area (Å²) in [5, 5.41) is 0.409. The fourth-order valence-electron chi connectivity index (χ4n) is 1.69. The molecule has 0 aliphatic carbocycles. The van der Waals surface area contributed by atoms with Crippen LogP contribution in [0.25, 0.3) is 0 Å². The van der Waals surface area contributed by atoms with Crippen molar-refractivity contribution in [1.29, 1.82) is 0 Å². The van der Waals surface area contributed by atoms with Gasteiger partial charge in [-0.25, -0.2) is 8.42 Å². The minimum absolute atomic E-state index is 0.000794. The standard InChI is InChI=1S/C13H12Cl2N2O2S/c1-8-5-6-12(10(16)7-8)20(18,19)17-11-4-2-3-9(14)13(11)15/h2-7,17H,16H2,1H3. The predicted octanol–water partition coefficient (Wildman–Crippen LogP) is 3.68. The molecule has 7 heteroatoms. The third-order valence-electron chi connectivity index (χ3n) is 2.65. The van der Waals surface area contributed by atoms with E-state index in [9.17, 15) is 8.42 Å². The maximum atomic E-state index is 12.3. The number of hydrogen-bond donors (Lipinski definition) is 2. The molecule has 0 unspecified atom stereocenters. The van der Waals surface area contributed by atoms with Crippen LogP contribution in [0.4, 0.5) is 11.4 Å². The van der Waals surface area contributed by atoms with E-state index in [-0.39, 0.29) is 26.3 Å². The molecule has 0 atom stereocenters. The molecule has 0 radical (unpaired) electrons. The zero-order valence-electron chi connectivity index (χ0n) is 10.5. The number of hydrogen-bond acceptors (Lipinski definition) is 3.